The minimum atomic E-state index is 0.0840. The van der Waals surface area contributed by atoms with Crippen LogP contribution in [0.2, 0.25) is 5.02 Å². The van der Waals surface area contributed by atoms with E-state index in [4.69, 9.17) is 21.6 Å². The van der Waals surface area contributed by atoms with Crippen LogP contribution in [0.15, 0.2) is 30.5 Å². The number of benzene rings is 1. The highest BCUT2D eigenvalue weighted by atomic mass is 35.5. The number of anilines is 3. The summed E-state index contributed by atoms with van der Waals surface area (Å²) < 4.78 is 2.30. The number of hydrogen-bond acceptors (Lipinski definition) is 5. The zero-order valence-electron chi connectivity index (χ0n) is 18.4. The Kier molecular flexibility index (Phi) is 5.51. The number of nitrogens with zero attached hydrogens (tertiary/aromatic N) is 4. The summed E-state index contributed by atoms with van der Waals surface area (Å²) in [5, 5.41) is 7.81. The van der Waals surface area contributed by atoms with Gasteiger partial charge < -0.3 is 10.6 Å². The average molecular weight is 439 g/mol. The Hall–Kier alpha value is -2.34. The molecule has 164 valence electrons. The number of nitrogens with one attached hydrogen (secondary N) is 2. The second-order valence-corrected chi connectivity index (χ2v) is 10.1. The number of imidazole rings is 1. The molecule has 5 rings (SSSR count). The van der Waals surface area contributed by atoms with Gasteiger partial charge in [0.25, 0.3) is 0 Å². The van der Waals surface area contributed by atoms with Crippen molar-refractivity contribution in [1.29, 1.82) is 0 Å². The van der Waals surface area contributed by atoms with Gasteiger partial charge in [-0.1, -0.05) is 37.4 Å². The highest BCUT2D eigenvalue weighted by molar-refractivity contribution is 6.30. The maximum absolute atomic E-state index is 6.21. The molecule has 2 aliphatic carbocycles. The van der Waals surface area contributed by atoms with Crippen LogP contribution in [-0.2, 0) is 0 Å². The van der Waals surface area contributed by atoms with Gasteiger partial charge in [-0.05, 0) is 69.6 Å². The Balaban J connectivity index is 1.54. The molecule has 31 heavy (non-hydrogen) atoms. The number of rotatable bonds is 5. The molecule has 3 aromatic rings. The van der Waals surface area contributed by atoms with Crippen molar-refractivity contribution in [2.75, 3.05) is 10.6 Å². The lowest BCUT2D eigenvalue weighted by Gasteiger charge is -2.29. The van der Waals surface area contributed by atoms with Crippen LogP contribution in [0.4, 0.5) is 17.6 Å². The predicted molar refractivity (Wildman–Crippen MR) is 127 cm³/mol. The fraction of sp³-hybridized carbons (Fsp3) is 0.542. The summed E-state index contributed by atoms with van der Waals surface area (Å²) >= 11 is 6.21. The smallest absolute Gasteiger partial charge is 0.225 e. The highest BCUT2D eigenvalue weighted by Gasteiger charge is 2.30. The lowest BCUT2D eigenvalue weighted by Crippen LogP contribution is -2.31. The highest BCUT2D eigenvalue weighted by Crippen LogP contribution is 2.37. The minimum Gasteiger partial charge on any atom is -0.349 e. The van der Waals surface area contributed by atoms with E-state index in [1.54, 1.807) is 0 Å². The van der Waals surface area contributed by atoms with Crippen LogP contribution in [0, 0.1) is 5.92 Å². The topological polar surface area (TPSA) is 67.7 Å². The third kappa shape index (κ3) is 4.36. The molecular weight excluding hydrogens is 408 g/mol. The molecule has 2 fully saturated rings. The Morgan fingerprint density at radius 1 is 1.10 bits per heavy atom. The monoisotopic (exact) mass is 438 g/mol. The van der Waals surface area contributed by atoms with Crippen molar-refractivity contribution >= 4 is 40.3 Å². The van der Waals surface area contributed by atoms with Crippen LogP contribution < -0.4 is 10.6 Å². The Morgan fingerprint density at radius 2 is 1.87 bits per heavy atom. The average Bonchev–Trinajstić information content (AvgIpc) is 3.32. The van der Waals surface area contributed by atoms with Crippen LogP contribution in [0.5, 0.6) is 0 Å². The van der Waals surface area contributed by atoms with Gasteiger partial charge in [0, 0.05) is 22.3 Å². The first-order valence-corrected chi connectivity index (χ1v) is 11.9. The summed E-state index contributed by atoms with van der Waals surface area (Å²) in [7, 11) is 0. The van der Waals surface area contributed by atoms with Crippen molar-refractivity contribution in [2.45, 2.75) is 76.8 Å². The van der Waals surface area contributed by atoms with Gasteiger partial charge in [0.05, 0.1) is 6.20 Å². The molecule has 0 spiro atoms. The number of fused-ring (bicyclic) bond motifs is 1. The third-order valence-electron chi connectivity index (χ3n) is 6.98. The van der Waals surface area contributed by atoms with Crippen molar-refractivity contribution in [3.8, 4) is 0 Å². The van der Waals surface area contributed by atoms with E-state index in [2.05, 4.69) is 34.0 Å². The molecule has 2 aliphatic rings. The molecule has 0 bridgehead atoms. The lowest BCUT2D eigenvalue weighted by molar-refractivity contribution is 0.295. The van der Waals surface area contributed by atoms with E-state index in [1.165, 1.54) is 25.7 Å². The summed E-state index contributed by atoms with van der Waals surface area (Å²) in [5.74, 6) is 2.30. The quantitative estimate of drug-likeness (QED) is 0.462. The van der Waals surface area contributed by atoms with Crippen LogP contribution >= 0.6 is 11.6 Å². The first-order chi connectivity index (χ1) is 15.0. The second-order valence-electron chi connectivity index (χ2n) is 9.65. The normalized spacial score (nSPS) is 23.2. The molecule has 0 amide bonds. The van der Waals surface area contributed by atoms with Gasteiger partial charge in [-0.25, -0.2) is 9.97 Å². The molecule has 0 atom stereocenters. The van der Waals surface area contributed by atoms with Gasteiger partial charge in [0.1, 0.15) is 5.52 Å². The molecular formula is C24H31ClN6. The molecule has 2 saturated carbocycles. The number of halogens is 1. The zero-order valence-corrected chi connectivity index (χ0v) is 19.1. The van der Waals surface area contributed by atoms with Crippen molar-refractivity contribution in [2.24, 2.45) is 5.92 Å². The van der Waals surface area contributed by atoms with Crippen LogP contribution in [0.25, 0.3) is 11.2 Å². The molecule has 1 aromatic carbocycles. The predicted octanol–water partition coefficient (Wildman–Crippen LogP) is 6.72. The number of aromatic nitrogens is 4. The lowest BCUT2D eigenvalue weighted by atomic mass is 9.87. The zero-order chi connectivity index (χ0) is 21.4. The Morgan fingerprint density at radius 3 is 2.61 bits per heavy atom. The largest absolute Gasteiger partial charge is 0.349 e. The molecule has 0 saturated heterocycles. The van der Waals surface area contributed by atoms with Crippen LogP contribution in [-0.4, -0.2) is 25.1 Å². The van der Waals surface area contributed by atoms with E-state index in [-0.39, 0.29) is 5.54 Å². The fourth-order valence-corrected chi connectivity index (χ4v) is 5.32. The second kappa shape index (κ2) is 8.30. The standard InChI is InChI=1S/C24H31ClN6/c1-16-8-10-19(11-9-16)31-21-20(28-23(31)27-18-7-5-6-17(25)14-18)15-26-22(29-21)30-24(2)12-3-4-13-24/h5-7,14-16,19H,3-4,8-13H2,1-2H3,(H,27,28)(H,26,29,30). The summed E-state index contributed by atoms with van der Waals surface area (Å²) in [6.07, 6.45) is 11.4. The summed E-state index contributed by atoms with van der Waals surface area (Å²) in [4.78, 5) is 14.4. The van der Waals surface area contributed by atoms with Gasteiger partial charge >= 0.3 is 0 Å². The maximum Gasteiger partial charge on any atom is 0.225 e. The van der Waals surface area contributed by atoms with E-state index >= 15 is 0 Å². The summed E-state index contributed by atoms with van der Waals surface area (Å²) in [6, 6.07) is 8.15. The summed E-state index contributed by atoms with van der Waals surface area (Å²) in [5.41, 5.74) is 2.74. The molecule has 0 radical (unpaired) electrons. The Bertz CT molecular complexity index is 1060. The van der Waals surface area contributed by atoms with E-state index < -0.39 is 0 Å². The third-order valence-corrected chi connectivity index (χ3v) is 7.22. The van der Waals surface area contributed by atoms with Gasteiger partial charge in [-0.3, -0.25) is 4.57 Å². The van der Waals surface area contributed by atoms with E-state index in [1.807, 2.05) is 30.5 Å². The molecule has 7 heteroatoms. The van der Waals surface area contributed by atoms with E-state index in [0.29, 0.717) is 17.0 Å². The van der Waals surface area contributed by atoms with E-state index in [0.717, 1.165) is 54.4 Å². The first-order valence-electron chi connectivity index (χ1n) is 11.5. The maximum atomic E-state index is 6.21. The van der Waals surface area contributed by atoms with Crippen molar-refractivity contribution in [3.63, 3.8) is 0 Å². The molecule has 0 aliphatic heterocycles. The van der Waals surface area contributed by atoms with Gasteiger partial charge in [0.15, 0.2) is 5.65 Å². The SMILES string of the molecule is CC1CCC(n2c(Nc3cccc(Cl)c3)nc3cnc(NC4(C)CCCC4)nc32)CC1. The molecule has 2 N–H and O–H groups in total. The van der Waals surface area contributed by atoms with Crippen LogP contribution in [0.3, 0.4) is 0 Å². The van der Waals surface area contributed by atoms with Crippen molar-refractivity contribution in [3.05, 3.63) is 35.5 Å². The van der Waals surface area contributed by atoms with Gasteiger partial charge in [-0.2, -0.15) is 4.98 Å². The molecule has 2 aromatic heterocycles. The molecule has 2 heterocycles. The molecule has 0 unspecified atom stereocenters. The van der Waals surface area contributed by atoms with Gasteiger partial charge in [-0.15, -0.1) is 0 Å². The first kappa shape index (κ1) is 20.6. The van der Waals surface area contributed by atoms with Crippen molar-refractivity contribution in [1.82, 2.24) is 19.5 Å². The summed E-state index contributed by atoms with van der Waals surface area (Å²) in [6.45, 7) is 4.62. The Labute approximate surface area is 188 Å². The fourth-order valence-electron chi connectivity index (χ4n) is 5.13. The van der Waals surface area contributed by atoms with Crippen molar-refractivity contribution < 1.29 is 0 Å². The van der Waals surface area contributed by atoms with Gasteiger partial charge in [0.2, 0.25) is 11.9 Å². The van der Waals surface area contributed by atoms with Crippen LogP contribution in [0.1, 0.15) is 71.3 Å². The number of hydrogen-bond donors (Lipinski definition) is 2. The molecule has 6 nitrogen and oxygen atoms in total. The minimum absolute atomic E-state index is 0.0840. The van der Waals surface area contributed by atoms with E-state index in [9.17, 15) is 0 Å².